The monoisotopic (exact) mass is 178 g/mol. The van der Waals surface area contributed by atoms with Gasteiger partial charge in [0.25, 0.3) is 0 Å². The van der Waals surface area contributed by atoms with Gasteiger partial charge in [-0.3, -0.25) is 9.00 Å². The van der Waals surface area contributed by atoms with Crippen LogP contribution in [-0.4, -0.2) is 19.9 Å². The van der Waals surface area contributed by atoms with E-state index in [-0.39, 0.29) is 5.92 Å². The summed E-state index contributed by atoms with van der Waals surface area (Å²) in [6, 6.07) is -0.867. The lowest BCUT2D eigenvalue weighted by atomic mass is 10.1. The number of carbonyl (C=O) groups excluding carboxylic acids is 1. The fourth-order valence-electron chi connectivity index (χ4n) is 0.728. The third-order valence-electron chi connectivity index (χ3n) is 1.19. The highest BCUT2D eigenvalue weighted by Gasteiger charge is 2.14. The lowest BCUT2D eigenvalue weighted by molar-refractivity contribution is -0.113. The van der Waals surface area contributed by atoms with Crippen molar-refractivity contribution in [3.05, 3.63) is 0 Å². The number of rotatable bonds is 3. The Kier molecular flexibility index (Phi) is 4.48. The predicted octanol–water partition coefficient (Wildman–Crippen LogP) is -0.234. The molecular weight excluding hydrogens is 166 g/mol. The fourth-order valence-corrected chi connectivity index (χ4v) is 1.07. The number of hydrogen-bond acceptors (Lipinski definition) is 4. The molecule has 0 aromatic carbocycles. The molecule has 0 aliphatic heterocycles. The van der Waals surface area contributed by atoms with Gasteiger partial charge in [-0.25, -0.2) is 0 Å². The molecule has 2 N–H and O–H groups in total. The Morgan fingerprint density at radius 2 is 2.09 bits per heavy atom. The maximum Gasteiger partial charge on any atom is 0.222 e. The van der Waals surface area contributed by atoms with Crippen LogP contribution in [0.15, 0.2) is 0 Å². The Balaban J connectivity index is 3.93. The summed E-state index contributed by atoms with van der Waals surface area (Å²) in [6.07, 6.45) is 0.410. The van der Waals surface area contributed by atoms with Crippen molar-refractivity contribution < 1.29 is 13.6 Å². The second-order valence-electron chi connectivity index (χ2n) is 2.79. The molecule has 0 aromatic rings. The molecule has 4 nitrogen and oxygen atoms in total. The van der Waals surface area contributed by atoms with Gasteiger partial charge in [-0.15, -0.1) is 0 Å². The first kappa shape index (κ1) is 10.7. The molecule has 1 unspecified atom stereocenters. The van der Waals surface area contributed by atoms with Gasteiger partial charge in [0.05, 0.1) is 6.04 Å². The zero-order chi connectivity index (χ0) is 9.02. The van der Waals surface area contributed by atoms with Crippen molar-refractivity contribution in [2.24, 2.45) is 11.7 Å². The third-order valence-corrected chi connectivity index (χ3v) is 1.82. The highest BCUT2D eigenvalue weighted by molar-refractivity contribution is 7.95. The van der Waals surface area contributed by atoms with Crippen molar-refractivity contribution >= 4 is 16.2 Å². The summed E-state index contributed by atoms with van der Waals surface area (Å²) >= 11 is -2.67. The lowest BCUT2D eigenvalue weighted by Crippen LogP contribution is -2.34. The molecule has 0 rings (SSSR count). The molecule has 0 amide bonds. The van der Waals surface area contributed by atoms with Gasteiger partial charge in [-0.05, 0) is 12.3 Å². The molecule has 0 saturated heterocycles. The summed E-state index contributed by atoms with van der Waals surface area (Å²) < 4.78 is 20.2. The summed E-state index contributed by atoms with van der Waals surface area (Å²) in [5, 5.41) is -0.904. The van der Waals surface area contributed by atoms with Crippen LogP contribution >= 0.6 is 0 Å². The van der Waals surface area contributed by atoms with E-state index in [1.807, 2.05) is 13.8 Å². The molecule has 5 heteroatoms. The first-order chi connectivity index (χ1) is 4.95. The van der Waals surface area contributed by atoms with Crippen molar-refractivity contribution in [3.8, 4) is 0 Å². The van der Waals surface area contributed by atoms with Crippen molar-refractivity contribution in [1.29, 1.82) is 0 Å². The summed E-state index contributed by atoms with van der Waals surface area (Å²) in [7, 11) is 0. The second kappa shape index (κ2) is 4.58. The van der Waals surface area contributed by atoms with Crippen molar-refractivity contribution in [1.82, 2.24) is 0 Å². The van der Waals surface area contributed by atoms with E-state index in [2.05, 4.69) is 0 Å². The smallest absolute Gasteiger partial charge is 0.222 e. The average Bonchev–Trinajstić information content (AvgIpc) is 1.84. The molecule has 0 saturated carbocycles. The molecule has 66 valence electrons. The summed E-state index contributed by atoms with van der Waals surface area (Å²) in [5.74, 6) is 0.234. The minimum atomic E-state index is -2.67. The average molecular weight is 178 g/mol. The molecule has 11 heavy (non-hydrogen) atoms. The zero-order valence-corrected chi connectivity index (χ0v) is 7.39. The molecule has 0 aliphatic carbocycles. The Morgan fingerprint density at radius 1 is 1.64 bits per heavy atom. The highest BCUT2D eigenvalue weighted by Crippen LogP contribution is 2.03. The van der Waals surface area contributed by atoms with Gasteiger partial charge in [0.2, 0.25) is 5.12 Å². The molecule has 0 heterocycles. The molecule has 0 radical (unpaired) electrons. The van der Waals surface area contributed by atoms with Gasteiger partial charge in [0, 0.05) is 11.1 Å². The topological polar surface area (TPSA) is 83.2 Å². The van der Waals surface area contributed by atoms with E-state index in [1.165, 1.54) is 0 Å². The van der Waals surface area contributed by atoms with Crippen LogP contribution in [0, 0.1) is 5.92 Å². The minimum Gasteiger partial charge on any atom is -0.766 e. The molecule has 0 fully saturated rings. The molecule has 2 atom stereocenters. The molecular formula is C6H12NO3S-. The molecule has 0 aromatic heterocycles. The van der Waals surface area contributed by atoms with Gasteiger partial charge < -0.3 is 10.3 Å². The SMILES string of the molecule is CC(C)C[C@@H](N)C(=O)S(=O)[O-]. The maximum atomic E-state index is 10.6. The summed E-state index contributed by atoms with van der Waals surface area (Å²) in [4.78, 5) is 10.6. The summed E-state index contributed by atoms with van der Waals surface area (Å²) in [6.45, 7) is 3.75. The Bertz CT molecular complexity index is 169. The lowest BCUT2D eigenvalue weighted by Gasteiger charge is -2.13. The predicted molar refractivity (Wildman–Crippen MR) is 41.4 cm³/mol. The largest absolute Gasteiger partial charge is 0.766 e. The van der Waals surface area contributed by atoms with Crippen LogP contribution < -0.4 is 5.73 Å². The maximum absolute atomic E-state index is 10.6. The van der Waals surface area contributed by atoms with Crippen LogP contribution in [0.3, 0.4) is 0 Å². The first-order valence-corrected chi connectivity index (χ1v) is 4.41. The highest BCUT2D eigenvalue weighted by atomic mass is 32.2. The first-order valence-electron chi connectivity index (χ1n) is 3.33. The van der Waals surface area contributed by atoms with E-state index in [1.54, 1.807) is 0 Å². The Morgan fingerprint density at radius 3 is 2.36 bits per heavy atom. The third kappa shape index (κ3) is 4.23. The van der Waals surface area contributed by atoms with Crippen LogP contribution in [0.4, 0.5) is 0 Å². The van der Waals surface area contributed by atoms with Crippen LogP contribution in [-0.2, 0) is 15.9 Å². The molecule has 0 bridgehead atoms. The van der Waals surface area contributed by atoms with Crippen LogP contribution in [0.5, 0.6) is 0 Å². The van der Waals surface area contributed by atoms with Gasteiger partial charge >= 0.3 is 0 Å². The number of nitrogens with two attached hydrogens (primary N) is 1. The number of hydrogen-bond donors (Lipinski definition) is 1. The van der Waals surface area contributed by atoms with E-state index in [0.717, 1.165) is 0 Å². The van der Waals surface area contributed by atoms with Crippen LogP contribution in [0.25, 0.3) is 0 Å². The Hall–Kier alpha value is -0.260. The number of carbonyl (C=O) groups is 1. The standard InChI is InChI=1S/C6H13NO3S/c1-4(2)3-5(7)6(8)11(9)10/h4-5H,3,7H2,1-2H3,(H,9,10)/p-1/t5-/m1/s1. The minimum absolute atomic E-state index is 0.234. The van der Waals surface area contributed by atoms with E-state index >= 15 is 0 Å². The van der Waals surface area contributed by atoms with Crippen molar-refractivity contribution in [2.75, 3.05) is 0 Å². The van der Waals surface area contributed by atoms with Gasteiger partial charge in [0.15, 0.2) is 0 Å². The van der Waals surface area contributed by atoms with Gasteiger partial charge in [-0.2, -0.15) is 0 Å². The zero-order valence-electron chi connectivity index (χ0n) is 6.57. The van der Waals surface area contributed by atoms with Gasteiger partial charge in [0.1, 0.15) is 0 Å². The Labute approximate surface area is 68.4 Å². The fraction of sp³-hybridized carbons (Fsp3) is 0.833. The molecule has 0 aliphatic rings. The normalized spacial score (nSPS) is 16.5. The van der Waals surface area contributed by atoms with E-state index in [4.69, 9.17) is 5.73 Å². The summed E-state index contributed by atoms with van der Waals surface area (Å²) in [5.41, 5.74) is 5.28. The van der Waals surface area contributed by atoms with Crippen molar-refractivity contribution in [2.45, 2.75) is 26.3 Å². The van der Waals surface area contributed by atoms with E-state index in [9.17, 15) is 13.6 Å². The van der Waals surface area contributed by atoms with Gasteiger partial charge in [-0.1, -0.05) is 13.8 Å². The van der Waals surface area contributed by atoms with Crippen molar-refractivity contribution in [3.63, 3.8) is 0 Å². The van der Waals surface area contributed by atoms with E-state index < -0.39 is 22.2 Å². The van der Waals surface area contributed by atoms with E-state index in [0.29, 0.717) is 6.42 Å². The van der Waals surface area contributed by atoms with Crippen LogP contribution in [0.1, 0.15) is 20.3 Å². The second-order valence-corrected chi connectivity index (χ2v) is 3.66. The van der Waals surface area contributed by atoms with Crippen LogP contribution in [0.2, 0.25) is 0 Å². The quantitative estimate of drug-likeness (QED) is 0.605. The molecule has 0 spiro atoms.